The Morgan fingerprint density at radius 3 is 2.21 bits per heavy atom. The molecule has 0 fully saturated rings. The topological polar surface area (TPSA) is 51.4 Å². The zero-order valence-electron chi connectivity index (χ0n) is 10.6. The van der Waals surface area contributed by atoms with Gasteiger partial charge in [0, 0.05) is 24.0 Å². The van der Waals surface area contributed by atoms with Crippen LogP contribution in [-0.2, 0) is 28.2 Å². The lowest BCUT2D eigenvalue weighted by atomic mass is 10.2. The molecule has 1 aromatic heterocycles. The minimum Gasteiger partial charge on any atom is -0.357 e. The Bertz CT molecular complexity index is 764. The molecule has 1 heterocycles. The average molecular weight is 294 g/mol. The molecule has 4 nitrogen and oxygen atoms in total. The highest BCUT2D eigenvalue weighted by atomic mass is 32.2. The van der Waals surface area contributed by atoms with Crippen LogP contribution in [0.25, 0.3) is 0 Å². The first-order chi connectivity index (χ1) is 8.97. The molecule has 0 aliphatic carbocycles. The molecule has 0 N–H and O–H groups in total. The van der Waals surface area contributed by atoms with Crippen molar-refractivity contribution in [2.45, 2.75) is 11.8 Å². The summed E-state index contributed by atoms with van der Waals surface area (Å²) in [6.07, 6.45) is 3.69. The average Bonchev–Trinajstić information content (AvgIpc) is 2.39. The maximum absolute atomic E-state index is 12.0. The Hall–Kier alpha value is -1.66. The third-order valence-corrected chi connectivity index (χ3v) is 4.94. The van der Waals surface area contributed by atoms with Crippen LogP contribution >= 0.6 is 0 Å². The molecule has 19 heavy (non-hydrogen) atoms. The summed E-state index contributed by atoms with van der Waals surface area (Å²) in [4.78, 5) is 0.215. The van der Waals surface area contributed by atoms with Gasteiger partial charge in [0.25, 0.3) is 10.0 Å². The van der Waals surface area contributed by atoms with Gasteiger partial charge < -0.3 is 4.57 Å². The van der Waals surface area contributed by atoms with Gasteiger partial charge in [-0.3, -0.25) is 0 Å². The number of hydrogen-bond donors (Lipinski definition) is 0. The van der Waals surface area contributed by atoms with Gasteiger partial charge in [-0.15, -0.1) is 0 Å². The van der Waals surface area contributed by atoms with Crippen molar-refractivity contribution in [1.29, 1.82) is 0 Å². The maximum atomic E-state index is 12.0. The van der Waals surface area contributed by atoms with Crippen molar-refractivity contribution >= 4 is 21.2 Å². The highest BCUT2D eigenvalue weighted by Crippen LogP contribution is 2.12. The predicted octanol–water partition coefficient (Wildman–Crippen LogP) is 2.52. The van der Waals surface area contributed by atoms with E-state index in [1.165, 1.54) is 0 Å². The maximum Gasteiger partial charge on any atom is 0.292 e. The van der Waals surface area contributed by atoms with E-state index in [1.54, 1.807) is 24.3 Å². The van der Waals surface area contributed by atoms with Crippen molar-refractivity contribution in [3.8, 4) is 0 Å². The lowest BCUT2D eigenvalue weighted by Crippen LogP contribution is -1.95. The fourth-order valence-electron chi connectivity index (χ4n) is 1.39. The summed E-state index contributed by atoms with van der Waals surface area (Å²) in [5.74, 6) is 0. The molecule has 0 spiro atoms. The molecule has 6 heteroatoms. The van der Waals surface area contributed by atoms with Crippen LogP contribution in [0, 0.1) is 11.4 Å². The van der Waals surface area contributed by atoms with E-state index in [9.17, 15) is 8.42 Å². The number of sulfonamides is 1. The molecule has 1 aromatic carbocycles. The third-order valence-electron chi connectivity index (χ3n) is 2.51. The first-order valence-electron chi connectivity index (χ1n) is 5.64. The lowest BCUT2D eigenvalue weighted by molar-refractivity contribution is 0.598. The normalized spacial score (nSPS) is 11.1. The van der Waals surface area contributed by atoms with Crippen LogP contribution in [0.15, 0.2) is 57.5 Å². The van der Waals surface area contributed by atoms with Crippen molar-refractivity contribution < 1.29 is 8.42 Å². The van der Waals surface area contributed by atoms with E-state index in [4.69, 9.17) is 0 Å². The van der Waals surface area contributed by atoms with Crippen LogP contribution in [0.1, 0.15) is 5.56 Å². The third kappa shape index (κ3) is 3.65. The summed E-state index contributed by atoms with van der Waals surface area (Å²) in [6.45, 7) is 1.91. The van der Waals surface area contributed by atoms with E-state index >= 15 is 0 Å². The first-order valence-corrected chi connectivity index (χ1v) is 7.85. The summed E-state index contributed by atoms with van der Waals surface area (Å²) in [5.41, 5.74) is 1.02. The second-order valence-electron chi connectivity index (χ2n) is 4.15. The Labute approximate surface area is 116 Å². The largest absolute Gasteiger partial charge is 0.357 e. The molecule has 0 aliphatic heterocycles. The molecule has 2 rings (SSSR count). The molecule has 0 aliphatic rings. The summed E-state index contributed by atoms with van der Waals surface area (Å²) >= 11 is 0.959. The van der Waals surface area contributed by atoms with Crippen LogP contribution in [-0.4, -0.2) is 13.0 Å². The molecule has 0 amide bonds. The van der Waals surface area contributed by atoms with Crippen molar-refractivity contribution in [3.05, 3.63) is 58.9 Å². The van der Waals surface area contributed by atoms with Crippen molar-refractivity contribution in [3.63, 3.8) is 0 Å². The first kappa shape index (κ1) is 13.8. The van der Waals surface area contributed by atoms with E-state index in [1.807, 2.05) is 43.1 Å². The number of hydrogen-bond acceptors (Lipinski definition) is 2. The SMILES string of the molecule is Cc1ccc(S(=O)(=O)N=S=c2ccn(C)cc2)cc1. The minimum absolute atomic E-state index is 0.215. The molecule has 0 saturated heterocycles. The molecular formula is C13H14N2O2S2. The molecule has 0 bridgehead atoms. The number of pyridine rings is 1. The van der Waals surface area contributed by atoms with Gasteiger partial charge in [-0.05, 0) is 42.3 Å². The molecular weight excluding hydrogens is 280 g/mol. The van der Waals surface area contributed by atoms with Crippen LogP contribution < -0.4 is 0 Å². The second kappa shape index (κ2) is 5.54. The van der Waals surface area contributed by atoms with Gasteiger partial charge in [-0.25, -0.2) is 0 Å². The van der Waals surface area contributed by atoms with Crippen molar-refractivity contribution in [1.82, 2.24) is 4.57 Å². The van der Waals surface area contributed by atoms with Crippen LogP contribution in [0.3, 0.4) is 0 Å². The number of aromatic nitrogens is 1. The van der Waals surface area contributed by atoms with Gasteiger partial charge in [-0.1, -0.05) is 21.5 Å². The predicted molar refractivity (Wildman–Crippen MR) is 76.8 cm³/mol. The number of benzene rings is 1. The van der Waals surface area contributed by atoms with E-state index in [0.717, 1.165) is 21.2 Å². The highest BCUT2D eigenvalue weighted by Gasteiger charge is 2.10. The Morgan fingerprint density at radius 1 is 1.05 bits per heavy atom. The summed E-state index contributed by atoms with van der Waals surface area (Å²) in [7, 11) is -1.71. The molecule has 2 aromatic rings. The second-order valence-corrected chi connectivity index (χ2v) is 6.83. The molecule has 0 saturated carbocycles. The Kier molecular flexibility index (Phi) is 4.01. The van der Waals surface area contributed by atoms with E-state index in [-0.39, 0.29) is 4.90 Å². The minimum atomic E-state index is -3.60. The summed E-state index contributed by atoms with van der Waals surface area (Å²) in [6, 6.07) is 10.3. The molecule has 0 unspecified atom stereocenters. The van der Waals surface area contributed by atoms with Gasteiger partial charge in [0.15, 0.2) is 0 Å². The Balaban J connectivity index is 2.44. The van der Waals surface area contributed by atoms with E-state index in [2.05, 4.69) is 3.77 Å². The van der Waals surface area contributed by atoms with E-state index in [0.29, 0.717) is 0 Å². The summed E-state index contributed by atoms with van der Waals surface area (Å²) in [5, 5.41) is 0. The number of aryl methyl sites for hydroxylation is 2. The monoisotopic (exact) mass is 294 g/mol. The van der Waals surface area contributed by atoms with Crippen LogP contribution in [0.5, 0.6) is 0 Å². The fraction of sp³-hybridized carbons (Fsp3) is 0.154. The van der Waals surface area contributed by atoms with Crippen LogP contribution in [0.4, 0.5) is 0 Å². The van der Waals surface area contributed by atoms with Gasteiger partial charge in [-0.2, -0.15) is 8.42 Å². The molecule has 100 valence electrons. The number of rotatable bonds is 2. The van der Waals surface area contributed by atoms with E-state index < -0.39 is 10.0 Å². The highest BCUT2D eigenvalue weighted by molar-refractivity contribution is 7.93. The Morgan fingerprint density at radius 2 is 1.63 bits per heavy atom. The zero-order chi connectivity index (χ0) is 13.9. The van der Waals surface area contributed by atoms with Gasteiger partial charge in [0.2, 0.25) is 0 Å². The standard InChI is InChI=1S/C13H14N2O2S2/c1-11-3-5-13(6-4-11)19(16,17)14-18-12-7-9-15(2)10-8-12/h3-10H,1-2H3. The molecule has 0 radical (unpaired) electrons. The zero-order valence-corrected chi connectivity index (χ0v) is 12.3. The quantitative estimate of drug-likeness (QED) is 0.799. The van der Waals surface area contributed by atoms with Gasteiger partial charge in [0.1, 0.15) is 0 Å². The van der Waals surface area contributed by atoms with Crippen molar-refractivity contribution in [2.24, 2.45) is 10.8 Å². The van der Waals surface area contributed by atoms with Crippen LogP contribution in [0.2, 0.25) is 0 Å². The van der Waals surface area contributed by atoms with Gasteiger partial charge in [0.05, 0.1) is 4.90 Å². The number of nitrogens with zero attached hydrogens (tertiary/aromatic N) is 2. The molecule has 0 atom stereocenters. The smallest absolute Gasteiger partial charge is 0.292 e. The summed E-state index contributed by atoms with van der Waals surface area (Å²) < 4.78 is 30.4. The lowest BCUT2D eigenvalue weighted by Gasteiger charge is -1.97. The van der Waals surface area contributed by atoms with Crippen molar-refractivity contribution in [2.75, 3.05) is 0 Å². The van der Waals surface area contributed by atoms with Gasteiger partial charge >= 0.3 is 0 Å². The fourth-order valence-corrected chi connectivity index (χ4v) is 3.20.